The molecule has 5 aromatic rings. The van der Waals surface area contributed by atoms with Gasteiger partial charge in [0.15, 0.2) is 40.1 Å². The molecule has 6 rings (SSSR count). The number of carbonyl (C=O) groups is 4. The second-order valence-corrected chi connectivity index (χ2v) is 13.2. The molecule has 1 aliphatic heterocycles. The van der Waals surface area contributed by atoms with Crippen LogP contribution in [0.1, 0.15) is 81.5 Å². The molecule has 1 heterocycles. The minimum absolute atomic E-state index is 0.00926. The van der Waals surface area contributed by atoms with Gasteiger partial charge in [-0.05, 0) is 79.9 Å². The first-order chi connectivity index (χ1) is 27.2. The summed E-state index contributed by atoms with van der Waals surface area (Å²) in [7, 11) is 0. The van der Waals surface area contributed by atoms with Crippen LogP contribution in [-0.2, 0) is 0 Å². The fraction of sp³-hybridized carbons (Fsp3) is 0.209. The van der Waals surface area contributed by atoms with Gasteiger partial charge in [0, 0.05) is 11.1 Å². The zero-order valence-corrected chi connectivity index (χ0v) is 31.0. The van der Waals surface area contributed by atoms with Gasteiger partial charge in [-0.3, -0.25) is 9.59 Å². The average Bonchev–Trinajstić information content (AvgIpc) is 3.22. The first-order valence-electron chi connectivity index (χ1n) is 17.9. The fourth-order valence-electron chi connectivity index (χ4n) is 6.29. The van der Waals surface area contributed by atoms with E-state index in [2.05, 4.69) is 0 Å². The Hall–Kier alpha value is -7.22. The number of rotatable bonds is 13. The van der Waals surface area contributed by atoms with E-state index in [9.17, 15) is 44.7 Å². The van der Waals surface area contributed by atoms with E-state index in [4.69, 9.17) is 23.7 Å². The van der Waals surface area contributed by atoms with Crippen LogP contribution in [0.15, 0.2) is 97.1 Å². The number of ketones is 2. The standard InChI is InChI=1S/C43H38O14/c1-4-42(5-2,56-33-22-27(19-30(45)36(33)48)41(52)54-28-15-11-8-12-16-28)38(49)26-18-31(46)37-34(21-26)57-43(6-3,23-53-37)39(50)25-17-29(44)35(47)32(20-25)55-40(51)24-13-9-7-10-14-24/h7-22,44-48H,4-6,23H2,1-3H3. The third kappa shape index (κ3) is 7.70. The van der Waals surface area contributed by atoms with Crippen molar-refractivity contribution < 1.29 is 68.4 Å². The molecule has 1 atom stereocenters. The van der Waals surface area contributed by atoms with Gasteiger partial charge in [-0.25, -0.2) is 9.59 Å². The molecule has 0 fully saturated rings. The quantitative estimate of drug-likeness (QED) is 0.0344. The number of phenolic OH excluding ortho intramolecular Hbond substituents is 5. The van der Waals surface area contributed by atoms with Crippen LogP contribution >= 0.6 is 0 Å². The van der Waals surface area contributed by atoms with Gasteiger partial charge in [-0.2, -0.15) is 0 Å². The molecule has 0 saturated heterocycles. The summed E-state index contributed by atoms with van der Waals surface area (Å²) in [5.74, 6) is -7.66. The topological polar surface area (TPSA) is 216 Å². The van der Waals surface area contributed by atoms with Crippen molar-refractivity contribution in [3.8, 4) is 57.5 Å². The summed E-state index contributed by atoms with van der Waals surface area (Å²) < 4.78 is 28.9. The number of esters is 2. The summed E-state index contributed by atoms with van der Waals surface area (Å²) in [6, 6.07) is 22.6. The highest BCUT2D eigenvalue weighted by Crippen LogP contribution is 2.47. The zero-order chi connectivity index (χ0) is 41.1. The monoisotopic (exact) mass is 778 g/mol. The predicted molar refractivity (Wildman–Crippen MR) is 202 cm³/mol. The first-order valence-corrected chi connectivity index (χ1v) is 17.9. The maximum absolute atomic E-state index is 14.4. The van der Waals surface area contributed by atoms with Crippen LogP contribution in [0.4, 0.5) is 0 Å². The molecule has 57 heavy (non-hydrogen) atoms. The lowest BCUT2D eigenvalue weighted by atomic mass is 9.86. The SMILES string of the molecule is CCC(CC)(Oc1cc(C(=O)Oc2ccccc2)cc(O)c1O)C(=O)c1cc(O)c2c(c1)OC(CC)(C(=O)c1cc(O)c(O)c(OC(=O)c3ccccc3)c1)CO2. The van der Waals surface area contributed by atoms with Crippen LogP contribution in [0.2, 0.25) is 0 Å². The smallest absolute Gasteiger partial charge is 0.343 e. The number of aromatic hydroxyl groups is 5. The van der Waals surface area contributed by atoms with Gasteiger partial charge in [0.05, 0.1) is 11.1 Å². The van der Waals surface area contributed by atoms with E-state index in [1.807, 2.05) is 0 Å². The summed E-state index contributed by atoms with van der Waals surface area (Å²) in [5.41, 5.74) is -3.92. The third-order valence-corrected chi connectivity index (χ3v) is 9.67. The van der Waals surface area contributed by atoms with Crippen LogP contribution < -0.4 is 23.7 Å². The average molecular weight is 779 g/mol. The zero-order valence-electron chi connectivity index (χ0n) is 31.0. The minimum atomic E-state index is -1.80. The van der Waals surface area contributed by atoms with Crippen LogP contribution in [0.25, 0.3) is 0 Å². The van der Waals surface area contributed by atoms with Gasteiger partial charge in [0.2, 0.25) is 34.4 Å². The van der Waals surface area contributed by atoms with Crippen molar-refractivity contribution in [3.05, 3.63) is 119 Å². The largest absolute Gasteiger partial charge is 0.504 e. The van der Waals surface area contributed by atoms with E-state index < -0.39 is 81.6 Å². The van der Waals surface area contributed by atoms with Gasteiger partial charge in [0.25, 0.3) is 0 Å². The highest BCUT2D eigenvalue weighted by molar-refractivity contribution is 6.05. The maximum Gasteiger partial charge on any atom is 0.343 e. The first kappa shape index (κ1) is 39.5. The summed E-state index contributed by atoms with van der Waals surface area (Å²) in [6.07, 6.45) is -0.00154. The fourth-order valence-corrected chi connectivity index (χ4v) is 6.29. The molecule has 0 radical (unpaired) electrons. The van der Waals surface area contributed by atoms with E-state index in [0.717, 1.165) is 30.3 Å². The highest BCUT2D eigenvalue weighted by Gasteiger charge is 2.47. The summed E-state index contributed by atoms with van der Waals surface area (Å²) in [6.45, 7) is 4.49. The Morgan fingerprint density at radius 1 is 0.649 bits per heavy atom. The molecule has 0 bridgehead atoms. The predicted octanol–water partition coefficient (Wildman–Crippen LogP) is 7.28. The maximum atomic E-state index is 14.4. The molecule has 0 aliphatic carbocycles. The van der Waals surface area contributed by atoms with E-state index in [1.165, 1.54) is 18.2 Å². The molecule has 294 valence electrons. The Labute approximate surface area is 326 Å². The lowest BCUT2D eigenvalue weighted by molar-refractivity contribution is -0.00110. The Morgan fingerprint density at radius 2 is 1.21 bits per heavy atom. The summed E-state index contributed by atoms with van der Waals surface area (Å²) >= 11 is 0. The molecule has 5 aromatic carbocycles. The van der Waals surface area contributed by atoms with Gasteiger partial charge < -0.3 is 49.2 Å². The van der Waals surface area contributed by atoms with Gasteiger partial charge in [-0.1, -0.05) is 57.2 Å². The molecule has 0 spiro atoms. The minimum Gasteiger partial charge on any atom is -0.504 e. The Bertz CT molecular complexity index is 2350. The van der Waals surface area contributed by atoms with Crippen LogP contribution in [0.3, 0.4) is 0 Å². The van der Waals surface area contributed by atoms with Crippen LogP contribution in [-0.4, -0.2) is 66.8 Å². The Kier molecular flexibility index (Phi) is 11.0. The molecule has 0 saturated carbocycles. The van der Waals surface area contributed by atoms with Crippen molar-refractivity contribution in [2.75, 3.05) is 6.61 Å². The number of benzene rings is 5. The number of ether oxygens (including phenoxy) is 5. The summed E-state index contributed by atoms with van der Waals surface area (Å²) in [5, 5.41) is 53.4. The molecular weight excluding hydrogens is 740 g/mol. The molecule has 0 amide bonds. The Morgan fingerprint density at radius 3 is 1.84 bits per heavy atom. The molecule has 1 aliphatic rings. The number of phenols is 5. The molecular formula is C43H38O14. The third-order valence-electron chi connectivity index (χ3n) is 9.67. The lowest BCUT2D eigenvalue weighted by Gasteiger charge is -2.37. The van der Waals surface area contributed by atoms with Crippen molar-refractivity contribution in [1.82, 2.24) is 0 Å². The number of hydrogen-bond acceptors (Lipinski definition) is 14. The summed E-state index contributed by atoms with van der Waals surface area (Å²) in [4.78, 5) is 54.3. The van der Waals surface area contributed by atoms with Crippen molar-refractivity contribution in [3.63, 3.8) is 0 Å². The van der Waals surface area contributed by atoms with E-state index in [-0.39, 0.29) is 58.8 Å². The van der Waals surface area contributed by atoms with Crippen molar-refractivity contribution in [1.29, 1.82) is 0 Å². The second-order valence-electron chi connectivity index (χ2n) is 13.2. The number of fused-ring (bicyclic) bond motifs is 1. The van der Waals surface area contributed by atoms with Crippen molar-refractivity contribution in [2.24, 2.45) is 0 Å². The van der Waals surface area contributed by atoms with Gasteiger partial charge in [-0.15, -0.1) is 0 Å². The molecule has 1 unspecified atom stereocenters. The molecule has 5 N–H and O–H groups in total. The number of para-hydroxylation sites is 1. The number of carbonyl (C=O) groups excluding carboxylic acids is 4. The van der Waals surface area contributed by atoms with Gasteiger partial charge >= 0.3 is 11.9 Å². The van der Waals surface area contributed by atoms with Crippen LogP contribution in [0, 0.1) is 0 Å². The van der Waals surface area contributed by atoms with E-state index >= 15 is 0 Å². The number of Topliss-reactive ketones (excluding diaryl/α,β-unsaturated/α-hetero) is 2. The van der Waals surface area contributed by atoms with Gasteiger partial charge in [0.1, 0.15) is 12.4 Å². The molecule has 14 heteroatoms. The van der Waals surface area contributed by atoms with Crippen LogP contribution in [0.5, 0.6) is 57.5 Å². The van der Waals surface area contributed by atoms with E-state index in [0.29, 0.717) is 0 Å². The van der Waals surface area contributed by atoms with Crippen molar-refractivity contribution >= 4 is 23.5 Å². The number of hydrogen-bond donors (Lipinski definition) is 5. The van der Waals surface area contributed by atoms with E-state index in [1.54, 1.807) is 69.3 Å². The second kappa shape index (κ2) is 15.9. The Balaban J connectivity index is 1.29. The van der Waals surface area contributed by atoms with Crippen molar-refractivity contribution in [2.45, 2.75) is 51.2 Å². The highest BCUT2D eigenvalue weighted by atomic mass is 16.6. The normalized spacial score (nSPS) is 14.6. The lowest BCUT2D eigenvalue weighted by Crippen LogP contribution is -2.51. The molecule has 0 aromatic heterocycles. The molecule has 14 nitrogen and oxygen atoms in total.